The Kier molecular flexibility index (Phi) is 10.1. The highest BCUT2D eigenvalue weighted by Gasteiger charge is 2.15. The van der Waals surface area contributed by atoms with Gasteiger partial charge < -0.3 is 41.5 Å². The van der Waals surface area contributed by atoms with Gasteiger partial charge in [-0.15, -0.1) is 0 Å². The molecule has 0 aliphatic carbocycles. The van der Waals surface area contributed by atoms with E-state index in [-0.39, 0.29) is 46.0 Å². The Bertz CT molecular complexity index is 601. The van der Waals surface area contributed by atoms with Crippen LogP contribution in [0.4, 0.5) is 21.0 Å². The van der Waals surface area contributed by atoms with E-state index in [0.29, 0.717) is 17.9 Å². The fourth-order valence-electron chi connectivity index (χ4n) is 2.38. The number of hydrogen-bond donors (Lipinski definition) is 6. The van der Waals surface area contributed by atoms with E-state index >= 15 is 0 Å². The van der Waals surface area contributed by atoms with Crippen molar-refractivity contribution in [3.05, 3.63) is 23.8 Å². The Morgan fingerprint density at radius 3 is 1.96 bits per heavy atom. The van der Waals surface area contributed by atoms with Crippen LogP contribution >= 0.6 is 0 Å². The zero-order valence-electron chi connectivity index (χ0n) is 15.5. The minimum Gasteiger partial charge on any atom is -0.395 e. The van der Waals surface area contributed by atoms with Crippen LogP contribution in [0.5, 0.6) is 0 Å². The van der Waals surface area contributed by atoms with Gasteiger partial charge in [0.2, 0.25) is 0 Å². The Morgan fingerprint density at radius 1 is 0.926 bits per heavy atom. The van der Waals surface area contributed by atoms with Crippen molar-refractivity contribution in [1.29, 1.82) is 0 Å². The van der Waals surface area contributed by atoms with Crippen LogP contribution in [-0.2, 0) is 0 Å². The Morgan fingerprint density at radius 2 is 1.44 bits per heavy atom. The van der Waals surface area contributed by atoms with Crippen LogP contribution in [0, 0.1) is 6.92 Å². The van der Waals surface area contributed by atoms with Crippen LogP contribution < -0.4 is 16.4 Å². The van der Waals surface area contributed by atoms with Gasteiger partial charge in [-0.25, -0.2) is 9.59 Å². The smallest absolute Gasteiger partial charge is 0.322 e. The summed E-state index contributed by atoms with van der Waals surface area (Å²) in [7, 11) is 0. The van der Waals surface area contributed by atoms with Crippen molar-refractivity contribution in [2.45, 2.75) is 6.92 Å². The molecule has 10 nitrogen and oxygen atoms in total. The third-order valence-corrected chi connectivity index (χ3v) is 3.81. The second-order valence-corrected chi connectivity index (χ2v) is 5.82. The maximum Gasteiger partial charge on any atom is 0.322 e. The molecule has 0 fully saturated rings. The van der Waals surface area contributed by atoms with Crippen LogP contribution in [0.1, 0.15) is 5.56 Å². The number of nitrogens with zero attached hydrogens (tertiary/aromatic N) is 2. The molecule has 0 atom stereocenters. The average Bonchev–Trinajstić information content (AvgIpc) is 2.64. The number of aryl methyl sites for hydroxylation is 1. The molecular weight excluding hydrogens is 354 g/mol. The van der Waals surface area contributed by atoms with Crippen LogP contribution in [0.2, 0.25) is 0 Å². The summed E-state index contributed by atoms with van der Waals surface area (Å²) >= 11 is 0. The molecule has 1 aromatic rings. The molecule has 0 saturated carbocycles. The van der Waals surface area contributed by atoms with Gasteiger partial charge in [0.15, 0.2) is 0 Å². The van der Waals surface area contributed by atoms with Crippen molar-refractivity contribution in [2.24, 2.45) is 5.73 Å². The van der Waals surface area contributed by atoms with Gasteiger partial charge in [0.25, 0.3) is 0 Å². The average molecular weight is 383 g/mol. The maximum atomic E-state index is 12.4. The number of carbonyl (C=O) groups excluding carboxylic acids is 2. The van der Waals surface area contributed by atoms with Gasteiger partial charge in [-0.2, -0.15) is 0 Å². The fourth-order valence-corrected chi connectivity index (χ4v) is 2.38. The van der Waals surface area contributed by atoms with E-state index in [0.717, 1.165) is 5.56 Å². The lowest BCUT2D eigenvalue weighted by Crippen LogP contribution is -2.40. The molecule has 0 aliphatic rings. The van der Waals surface area contributed by atoms with Gasteiger partial charge in [0.05, 0.1) is 19.8 Å². The first-order valence-electron chi connectivity index (χ1n) is 8.72. The highest BCUT2D eigenvalue weighted by molar-refractivity contribution is 5.93. The molecule has 1 aromatic carbocycles. The number of carbonyl (C=O) groups is 2. The summed E-state index contributed by atoms with van der Waals surface area (Å²) in [5, 5.41) is 32.5. The van der Waals surface area contributed by atoms with Gasteiger partial charge in [-0.3, -0.25) is 0 Å². The highest BCUT2D eigenvalue weighted by atomic mass is 16.3. The quantitative estimate of drug-likeness (QED) is 0.323. The normalized spacial score (nSPS) is 10.4. The molecule has 27 heavy (non-hydrogen) atoms. The Hall–Kier alpha value is -2.40. The molecule has 0 heterocycles. The molecule has 10 heteroatoms. The van der Waals surface area contributed by atoms with E-state index in [1.54, 1.807) is 18.2 Å². The lowest BCUT2D eigenvalue weighted by molar-refractivity contribution is 0.167. The first kappa shape index (κ1) is 22.6. The number of nitrogens with one attached hydrogen (secondary N) is 2. The number of amides is 4. The predicted molar refractivity (Wildman–Crippen MR) is 103 cm³/mol. The summed E-state index contributed by atoms with van der Waals surface area (Å²) in [4.78, 5) is 27.3. The molecule has 152 valence electrons. The fraction of sp³-hybridized carbons (Fsp3) is 0.529. The molecule has 0 unspecified atom stereocenters. The van der Waals surface area contributed by atoms with Crippen LogP contribution in [0.3, 0.4) is 0 Å². The zero-order valence-corrected chi connectivity index (χ0v) is 15.5. The number of benzene rings is 1. The second-order valence-electron chi connectivity index (χ2n) is 5.82. The van der Waals surface area contributed by atoms with Crippen LogP contribution in [0.15, 0.2) is 18.2 Å². The van der Waals surface area contributed by atoms with Gasteiger partial charge >= 0.3 is 12.1 Å². The lowest BCUT2D eigenvalue weighted by Gasteiger charge is -2.23. The number of anilines is 2. The molecule has 1 rings (SSSR count). The lowest BCUT2D eigenvalue weighted by atomic mass is 10.2. The third-order valence-electron chi connectivity index (χ3n) is 3.81. The number of aliphatic hydroxyl groups is 3. The third kappa shape index (κ3) is 7.39. The molecule has 4 amide bonds. The number of hydrogen-bond acceptors (Lipinski definition) is 6. The first-order chi connectivity index (χ1) is 13.0. The van der Waals surface area contributed by atoms with Crippen molar-refractivity contribution >= 4 is 23.4 Å². The Labute approximate surface area is 158 Å². The summed E-state index contributed by atoms with van der Waals surface area (Å²) in [5.41, 5.74) is 7.24. The van der Waals surface area contributed by atoms with E-state index in [4.69, 9.17) is 21.1 Å². The van der Waals surface area contributed by atoms with E-state index in [9.17, 15) is 9.59 Å². The molecule has 0 radical (unpaired) electrons. The molecule has 0 aromatic heterocycles. The first-order valence-corrected chi connectivity index (χ1v) is 8.72. The standard InChI is InChI=1S/C17H29N5O5/c1-13-2-3-14(19-16(26)22(7-10-24)8-11-25)12-15(13)20-17(27)21(5-4-18)6-9-23/h2-3,12,23-25H,4-11,18H2,1H3,(H,19,26)(H,20,27). The van der Waals surface area contributed by atoms with Crippen molar-refractivity contribution in [1.82, 2.24) is 9.80 Å². The number of rotatable bonds is 10. The van der Waals surface area contributed by atoms with Crippen LogP contribution in [-0.4, -0.2) is 89.7 Å². The molecule has 0 spiro atoms. The van der Waals surface area contributed by atoms with Gasteiger partial charge in [0, 0.05) is 44.1 Å². The van der Waals surface area contributed by atoms with Crippen molar-refractivity contribution in [3.8, 4) is 0 Å². The molecular formula is C17H29N5O5. The number of nitrogens with two attached hydrogens (primary N) is 1. The zero-order chi connectivity index (χ0) is 20.2. The molecule has 0 saturated heterocycles. The number of urea groups is 2. The summed E-state index contributed by atoms with van der Waals surface area (Å²) in [6, 6.07) is 4.17. The molecule has 0 aliphatic heterocycles. The topological polar surface area (TPSA) is 151 Å². The van der Waals surface area contributed by atoms with Gasteiger partial charge in [-0.05, 0) is 24.6 Å². The van der Waals surface area contributed by atoms with Gasteiger partial charge in [-0.1, -0.05) is 6.07 Å². The van der Waals surface area contributed by atoms with Crippen molar-refractivity contribution in [3.63, 3.8) is 0 Å². The summed E-state index contributed by atoms with van der Waals surface area (Å²) in [6.07, 6.45) is 0. The van der Waals surface area contributed by atoms with E-state index in [1.165, 1.54) is 9.80 Å². The summed E-state index contributed by atoms with van der Waals surface area (Å²) in [6.45, 7) is 2.13. The molecule has 0 bridgehead atoms. The SMILES string of the molecule is Cc1ccc(NC(=O)N(CCO)CCO)cc1NC(=O)N(CCN)CCO. The van der Waals surface area contributed by atoms with Crippen LogP contribution in [0.25, 0.3) is 0 Å². The van der Waals surface area contributed by atoms with E-state index in [1.807, 2.05) is 6.92 Å². The van der Waals surface area contributed by atoms with Crippen molar-refractivity contribution in [2.75, 3.05) is 63.2 Å². The predicted octanol–water partition coefficient (Wildman–Crippen LogP) is -0.402. The van der Waals surface area contributed by atoms with Gasteiger partial charge in [0.1, 0.15) is 0 Å². The van der Waals surface area contributed by atoms with E-state index in [2.05, 4.69) is 10.6 Å². The molecule has 7 N–H and O–H groups in total. The Balaban J connectivity index is 2.86. The minimum absolute atomic E-state index is 0.0943. The summed E-state index contributed by atoms with van der Waals surface area (Å²) in [5.74, 6) is 0. The van der Waals surface area contributed by atoms with Crippen molar-refractivity contribution < 1.29 is 24.9 Å². The minimum atomic E-state index is -0.468. The van der Waals surface area contributed by atoms with E-state index < -0.39 is 12.1 Å². The second kappa shape index (κ2) is 12.1. The number of aliphatic hydroxyl groups excluding tert-OH is 3. The largest absolute Gasteiger partial charge is 0.395 e. The maximum absolute atomic E-state index is 12.4. The monoisotopic (exact) mass is 383 g/mol. The summed E-state index contributed by atoms with van der Waals surface area (Å²) < 4.78 is 0. The highest BCUT2D eigenvalue weighted by Crippen LogP contribution is 2.21.